The minimum Gasteiger partial charge on any atom is -0.458 e. The summed E-state index contributed by atoms with van der Waals surface area (Å²) in [6.07, 6.45) is 9.25. The highest BCUT2D eigenvalue weighted by atomic mass is 28.3. The molecule has 0 radical (unpaired) electrons. The zero-order valence-electron chi connectivity index (χ0n) is 22.0. The summed E-state index contributed by atoms with van der Waals surface area (Å²) >= 11 is 0. The smallest absolute Gasteiger partial charge is 0.331 e. The molecule has 1 rings (SSSR count). The first kappa shape index (κ1) is 30.7. The molecule has 0 aliphatic carbocycles. The third-order valence-electron chi connectivity index (χ3n) is 5.05. The summed E-state index contributed by atoms with van der Waals surface area (Å²) < 4.78 is 38.1. The first-order valence-corrected chi connectivity index (χ1v) is 15.4. The number of hydrogen-bond acceptors (Lipinski definition) is 8. The van der Waals surface area contributed by atoms with Gasteiger partial charge in [0.25, 0.3) is 0 Å². The molecule has 1 aliphatic rings. The van der Waals surface area contributed by atoms with E-state index in [0.29, 0.717) is 19.8 Å². The van der Waals surface area contributed by atoms with Crippen LogP contribution in [0, 0.1) is 5.41 Å². The number of cyclic esters (lactones) is 1. The van der Waals surface area contributed by atoms with Gasteiger partial charge in [0, 0.05) is 40.5 Å². The van der Waals surface area contributed by atoms with Crippen molar-refractivity contribution in [2.45, 2.75) is 58.2 Å². The van der Waals surface area contributed by atoms with Crippen LogP contribution < -0.4 is 0 Å². The molecule has 0 N–H and O–H groups in total. The van der Waals surface area contributed by atoms with Gasteiger partial charge < -0.3 is 33.2 Å². The van der Waals surface area contributed by atoms with E-state index >= 15 is 0 Å². The van der Waals surface area contributed by atoms with Crippen LogP contribution in [0.2, 0.25) is 25.7 Å². The van der Waals surface area contributed by atoms with Gasteiger partial charge in [-0.05, 0) is 17.9 Å². The fourth-order valence-electron chi connectivity index (χ4n) is 3.21. The van der Waals surface area contributed by atoms with Crippen molar-refractivity contribution in [1.29, 1.82) is 0 Å². The van der Waals surface area contributed by atoms with Gasteiger partial charge in [0.1, 0.15) is 33.1 Å². The van der Waals surface area contributed by atoms with Crippen molar-refractivity contribution < 1.29 is 38.0 Å². The standard InChI is InChI=1S/C25H44O8Si/c1-25(2,11-9-8-10-12-29-20-30-13-14-34(5,6)7)16-22(32-18-27-3)24(33-19-28-4)21-15-23(26)31-17-21/h8-11,15,22,24H,12-14,16-20H2,1-7H3/b10-8+,11-9+/t22-,24+/m0/s1. The fraction of sp³-hybridized carbons (Fsp3) is 0.720. The van der Waals surface area contributed by atoms with Crippen LogP contribution in [0.1, 0.15) is 20.3 Å². The molecule has 0 unspecified atom stereocenters. The lowest BCUT2D eigenvalue weighted by molar-refractivity contribution is -0.154. The van der Waals surface area contributed by atoms with Gasteiger partial charge in [-0.3, -0.25) is 0 Å². The highest BCUT2D eigenvalue weighted by molar-refractivity contribution is 6.76. The van der Waals surface area contributed by atoms with Gasteiger partial charge in [-0.15, -0.1) is 0 Å². The quantitative estimate of drug-likeness (QED) is 0.0853. The molecule has 0 amide bonds. The first-order chi connectivity index (χ1) is 16.1. The second-order valence-electron chi connectivity index (χ2n) is 10.1. The van der Waals surface area contributed by atoms with Gasteiger partial charge in [-0.25, -0.2) is 4.79 Å². The highest BCUT2D eigenvalue weighted by Crippen LogP contribution is 2.31. The monoisotopic (exact) mass is 500 g/mol. The van der Waals surface area contributed by atoms with E-state index in [9.17, 15) is 4.79 Å². The number of hydrogen-bond donors (Lipinski definition) is 0. The summed E-state index contributed by atoms with van der Waals surface area (Å²) in [6.45, 7) is 13.1. The molecule has 1 heterocycles. The van der Waals surface area contributed by atoms with Crippen LogP contribution in [0.15, 0.2) is 36.0 Å². The first-order valence-electron chi connectivity index (χ1n) is 11.7. The second kappa shape index (κ2) is 16.4. The maximum Gasteiger partial charge on any atom is 0.331 e. The van der Waals surface area contributed by atoms with Crippen LogP contribution >= 0.6 is 0 Å². The van der Waals surface area contributed by atoms with Crippen LogP contribution in [-0.4, -0.2) is 80.7 Å². The summed E-state index contributed by atoms with van der Waals surface area (Å²) in [7, 11) is 2.06. The number of methoxy groups -OCH3 is 2. The molecule has 0 saturated heterocycles. The van der Waals surface area contributed by atoms with E-state index in [1.807, 2.05) is 18.2 Å². The SMILES string of the molecule is COCO[C@@H](CC(C)(C)/C=C/C=C/COCOCC[Si](C)(C)C)[C@H](OCOC)C1=CC(=O)OC1. The number of esters is 1. The number of rotatable bonds is 19. The van der Waals surface area contributed by atoms with Crippen LogP contribution in [-0.2, 0) is 38.0 Å². The van der Waals surface area contributed by atoms with E-state index in [2.05, 4.69) is 39.6 Å². The minimum atomic E-state index is -1.06. The van der Waals surface area contributed by atoms with Gasteiger partial charge >= 0.3 is 5.97 Å². The maximum absolute atomic E-state index is 11.6. The largest absolute Gasteiger partial charge is 0.458 e. The van der Waals surface area contributed by atoms with E-state index in [-0.39, 0.29) is 37.7 Å². The Bertz CT molecular complexity index is 666. The minimum absolute atomic E-state index is 0.0733. The lowest BCUT2D eigenvalue weighted by atomic mass is 9.83. The normalized spacial score (nSPS) is 16.9. The summed E-state index contributed by atoms with van der Waals surface area (Å²) in [6, 6.07) is 1.14. The number of carbonyl (C=O) groups excluding carboxylic acids is 1. The summed E-state index contributed by atoms with van der Waals surface area (Å²) in [5.74, 6) is -0.375. The Labute approximate surface area is 206 Å². The van der Waals surface area contributed by atoms with E-state index in [0.717, 1.165) is 18.2 Å². The topological polar surface area (TPSA) is 81.7 Å². The number of carbonyl (C=O) groups is 1. The fourth-order valence-corrected chi connectivity index (χ4v) is 3.96. The van der Waals surface area contributed by atoms with Crippen molar-refractivity contribution in [3.05, 3.63) is 36.0 Å². The van der Waals surface area contributed by atoms with E-state index in [1.54, 1.807) is 14.2 Å². The predicted molar refractivity (Wildman–Crippen MR) is 134 cm³/mol. The Morgan fingerprint density at radius 3 is 2.38 bits per heavy atom. The molecule has 8 nitrogen and oxygen atoms in total. The molecule has 0 fully saturated rings. The van der Waals surface area contributed by atoms with Crippen molar-refractivity contribution in [1.82, 2.24) is 0 Å². The van der Waals surface area contributed by atoms with Crippen molar-refractivity contribution in [3.8, 4) is 0 Å². The van der Waals surface area contributed by atoms with Gasteiger partial charge in [0.2, 0.25) is 0 Å². The van der Waals surface area contributed by atoms with Crippen molar-refractivity contribution in [2.24, 2.45) is 5.41 Å². The third kappa shape index (κ3) is 14.2. The Balaban J connectivity index is 2.60. The van der Waals surface area contributed by atoms with E-state index in [4.69, 9.17) is 33.2 Å². The predicted octanol–water partition coefficient (Wildman–Crippen LogP) is 4.31. The molecule has 34 heavy (non-hydrogen) atoms. The number of allylic oxidation sites excluding steroid dienone is 3. The lowest BCUT2D eigenvalue weighted by Crippen LogP contribution is -2.38. The van der Waals surface area contributed by atoms with Crippen LogP contribution in [0.5, 0.6) is 0 Å². The molecule has 2 atom stereocenters. The summed E-state index contributed by atoms with van der Waals surface area (Å²) in [5, 5.41) is 0. The van der Waals surface area contributed by atoms with Crippen LogP contribution in [0.3, 0.4) is 0 Å². The van der Waals surface area contributed by atoms with Gasteiger partial charge in [-0.2, -0.15) is 0 Å². The Morgan fingerprint density at radius 1 is 1.06 bits per heavy atom. The van der Waals surface area contributed by atoms with Crippen LogP contribution in [0.4, 0.5) is 0 Å². The molecule has 1 aliphatic heterocycles. The molecule has 0 aromatic rings. The summed E-state index contributed by atoms with van der Waals surface area (Å²) in [5.41, 5.74) is 0.509. The highest BCUT2D eigenvalue weighted by Gasteiger charge is 2.34. The number of ether oxygens (including phenoxy) is 7. The van der Waals surface area contributed by atoms with Crippen molar-refractivity contribution in [2.75, 3.05) is 54.4 Å². The lowest BCUT2D eigenvalue weighted by Gasteiger charge is -2.32. The second-order valence-corrected chi connectivity index (χ2v) is 15.7. The van der Waals surface area contributed by atoms with E-state index in [1.165, 1.54) is 6.08 Å². The van der Waals surface area contributed by atoms with Gasteiger partial charge in [0.15, 0.2) is 0 Å². The zero-order valence-corrected chi connectivity index (χ0v) is 23.0. The average molecular weight is 501 g/mol. The molecule has 0 bridgehead atoms. The summed E-state index contributed by atoms with van der Waals surface area (Å²) in [4.78, 5) is 11.6. The Hall–Kier alpha value is -1.33. The van der Waals surface area contributed by atoms with Crippen molar-refractivity contribution >= 4 is 14.0 Å². The molecule has 9 heteroatoms. The zero-order chi connectivity index (χ0) is 25.5. The molecule has 0 saturated carbocycles. The van der Waals surface area contributed by atoms with E-state index < -0.39 is 14.2 Å². The van der Waals surface area contributed by atoms with Gasteiger partial charge in [-0.1, -0.05) is 57.8 Å². The molecular formula is C25H44O8Si. The molecule has 0 aromatic carbocycles. The molecule has 0 spiro atoms. The molecule has 0 aromatic heterocycles. The maximum atomic E-state index is 11.6. The Kier molecular flexibility index (Phi) is 14.8. The van der Waals surface area contributed by atoms with Gasteiger partial charge in [0.05, 0.1) is 12.7 Å². The average Bonchev–Trinajstić information content (AvgIpc) is 3.18. The molecular weight excluding hydrogens is 456 g/mol. The molecule has 196 valence electrons. The van der Waals surface area contributed by atoms with Crippen LogP contribution in [0.25, 0.3) is 0 Å². The third-order valence-corrected chi connectivity index (χ3v) is 6.76. The van der Waals surface area contributed by atoms with Crippen molar-refractivity contribution in [3.63, 3.8) is 0 Å². The Morgan fingerprint density at radius 2 is 1.76 bits per heavy atom.